The lowest BCUT2D eigenvalue weighted by Crippen LogP contribution is -2.40. The molecule has 0 spiro atoms. The van der Waals surface area contributed by atoms with Gasteiger partial charge in [0.1, 0.15) is 18.4 Å². The number of rotatable bonds is 6. The van der Waals surface area contributed by atoms with Crippen molar-refractivity contribution < 1.29 is 24.2 Å². The molecule has 0 aromatic heterocycles. The van der Waals surface area contributed by atoms with E-state index in [4.69, 9.17) is 21.1 Å². The smallest absolute Gasteiger partial charge is 0.326 e. The maximum Gasteiger partial charge on any atom is 0.326 e. The van der Waals surface area contributed by atoms with Gasteiger partial charge in [-0.1, -0.05) is 29.8 Å². The molecule has 2 atom stereocenters. The molecule has 2 aromatic carbocycles. The zero-order chi connectivity index (χ0) is 19.4. The van der Waals surface area contributed by atoms with Gasteiger partial charge in [-0.3, -0.25) is 4.79 Å². The molecule has 1 amide bonds. The number of carboxylic acids is 1. The van der Waals surface area contributed by atoms with Gasteiger partial charge in [0.15, 0.2) is 0 Å². The van der Waals surface area contributed by atoms with Gasteiger partial charge in [0.05, 0.1) is 6.10 Å². The van der Waals surface area contributed by atoms with Crippen LogP contribution in [0.2, 0.25) is 5.02 Å². The number of ether oxygens (including phenoxy) is 2. The third-order valence-corrected chi connectivity index (χ3v) is 4.79. The summed E-state index contributed by atoms with van der Waals surface area (Å²) in [5.74, 6) is -0.845. The van der Waals surface area contributed by atoms with Crippen LogP contribution in [-0.4, -0.2) is 47.7 Å². The standard InChI is InChI=1S/C20H20ClNO5/c1-26-17-10-18(20(24)25)22(11-17)19(23)14-3-2-4-16(9-14)27-12-13-5-7-15(21)8-6-13/h2-9,17-18H,10-12H2,1H3,(H,24,25). The number of carboxylic acid groups (broad SMARTS) is 1. The minimum Gasteiger partial charge on any atom is -0.489 e. The van der Waals surface area contributed by atoms with E-state index in [-0.39, 0.29) is 25.0 Å². The third-order valence-electron chi connectivity index (χ3n) is 4.54. The van der Waals surface area contributed by atoms with E-state index >= 15 is 0 Å². The van der Waals surface area contributed by atoms with Crippen LogP contribution in [0.3, 0.4) is 0 Å². The van der Waals surface area contributed by atoms with Crippen molar-refractivity contribution in [3.63, 3.8) is 0 Å². The van der Waals surface area contributed by atoms with E-state index in [0.717, 1.165) is 5.56 Å². The number of amides is 1. The summed E-state index contributed by atoms with van der Waals surface area (Å²) in [6.45, 7) is 0.587. The number of aliphatic carboxylic acids is 1. The quantitative estimate of drug-likeness (QED) is 0.820. The Morgan fingerprint density at radius 2 is 1.96 bits per heavy atom. The summed E-state index contributed by atoms with van der Waals surface area (Å²) in [5, 5.41) is 10.0. The highest BCUT2D eigenvalue weighted by Crippen LogP contribution is 2.24. The highest BCUT2D eigenvalue weighted by atomic mass is 35.5. The van der Waals surface area contributed by atoms with Crippen LogP contribution < -0.4 is 4.74 Å². The van der Waals surface area contributed by atoms with Crippen LogP contribution in [0.25, 0.3) is 0 Å². The van der Waals surface area contributed by atoms with Crippen molar-refractivity contribution >= 4 is 23.5 Å². The van der Waals surface area contributed by atoms with Gasteiger partial charge in [-0.15, -0.1) is 0 Å². The van der Waals surface area contributed by atoms with Gasteiger partial charge in [0, 0.05) is 30.7 Å². The SMILES string of the molecule is COC1CC(C(=O)O)N(C(=O)c2cccc(OCc3ccc(Cl)cc3)c2)C1. The molecule has 0 bridgehead atoms. The van der Waals surface area contributed by atoms with Crippen LogP contribution >= 0.6 is 11.6 Å². The number of hydrogen-bond donors (Lipinski definition) is 1. The van der Waals surface area contributed by atoms with Gasteiger partial charge >= 0.3 is 5.97 Å². The second-order valence-electron chi connectivity index (χ2n) is 6.35. The van der Waals surface area contributed by atoms with Crippen LogP contribution in [0.15, 0.2) is 48.5 Å². The highest BCUT2D eigenvalue weighted by molar-refractivity contribution is 6.30. The van der Waals surface area contributed by atoms with Crippen LogP contribution in [0, 0.1) is 0 Å². The monoisotopic (exact) mass is 389 g/mol. The molecule has 6 nitrogen and oxygen atoms in total. The van der Waals surface area contributed by atoms with Gasteiger partial charge in [0.2, 0.25) is 0 Å². The molecule has 0 aliphatic carbocycles. The first-order valence-electron chi connectivity index (χ1n) is 8.52. The Kier molecular flexibility index (Phi) is 5.98. The Morgan fingerprint density at radius 1 is 1.22 bits per heavy atom. The van der Waals surface area contributed by atoms with Crippen molar-refractivity contribution in [1.82, 2.24) is 4.90 Å². The maximum absolute atomic E-state index is 12.8. The molecular weight excluding hydrogens is 370 g/mol. The summed E-state index contributed by atoms with van der Waals surface area (Å²) in [6.07, 6.45) is 0.00373. The van der Waals surface area contributed by atoms with E-state index in [2.05, 4.69) is 0 Å². The predicted octanol–water partition coefficient (Wildman–Crippen LogP) is 3.23. The van der Waals surface area contributed by atoms with Crippen molar-refractivity contribution in [2.75, 3.05) is 13.7 Å². The Hall–Kier alpha value is -2.57. The van der Waals surface area contributed by atoms with Crippen molar-refractivity contribution in [2.24, 2.45) is 0 Å². The fraction of sp³-hybridized carbons (Fsp3) is 0.300. The molecule has 3 rings (SSSR count). The van der Waals surface area contributed by atoms with Gasteiger partial charge in [-0.25, -0.2) is 4.79 Å². The number of likely N-dealkylation sites (tertiary alicyclic amines) is 1. The Balaban J connectivity index is 1.71. The number of carbonyl (C=O) groups is 2. The number of halogens is 1. The molecule has 1 heterocycles. The highest BCUT2D eigenvalue weighted by Gasteiger charge is 2.40. The zero-order valence-electron chi connectivity index (χ0n) is 14.8. The van der Waals surface area contributed by atoms with Gasteiger partial charge in [-0.2, -0.15) is 0 Å². The van der Waals surface area contributed by atoms with E-state index in [9.17, 15) is 14.7 Å². The lowest BCUT2D eigenvalue weighted by molar-refractivity contribution is -0.141. The molecule has 1 saturated heterocycles. The summed E-state index contributed by atoms with van der Waals surface area (Å²) >= 11 is 5.87. The molecular formula is C20H20ClNO5. The first-order valence-corrected chi connectivity index (χ1v) is 8.89. The Labute approximate surface area is 162 Å². The molecule has 0 radical (unpaired) electrons. The summed E-state index contributed by atoms with van der Waals surface area (Å²) in [6, 6.07) is 13.1. The largest absolute Gasteiger partial charge is 0.489 e. The lowest BCUT2D eigenvalue weighted by atomic mass is 10.1. The van der Waals surface area contributed by atoms with Gasteiger partial charge in [0.25, 0.3) is 5.91 Å². The summed E-state index contributed by atoms with van der Waals surface area (Å²) < 4.78 is 11.0. The van der Waals surface area contributed by atoms with Crippen LogP contribution in [-0.2, 0) is 16.1 Å². The molecule has 1 aliphatic rings. The van der Waals surface area contributed by atoms with Gasteiger partial charge in [-0.05, 0) is 35.9 Å². The van der Waals surface area contributed by atoms with E-state index in [1.54, 1.807) is 36.4 Å². The van der Waals surface area contributed by atoms with Crippen molar-refractivity contribution in [3.8, 4) is 5.75 Å². The summed E-state index contributed by atoms with van der Waals surface area (Å²) in [7, 11) is 1.52. The van der Waals surface area contributed by atoms with E-state index in [1.807, 2.05) is 12.1 Å². The maximum atomic E-state index is 12.8. The number of carbonyl (C=O) groups excluding carboxylic acids is 1. The number of methoxy groups -OCH3 is 1. The molecule has 2 aromatic rings. The normalized spacial score (nSPS) is 19.1. The minimum absolute atomic E-state index is 0.252. The molecule has 7 heteroatoms. The van der Waals surface area contributed by atoms with E-state index in [0.29, 0.717) is 22.9 Å². The lowest BCUT2D eigenvalue weighted by Gasteiger charge is -2.21. The summed E-state index contributed by atoms with van der Waals surface area (Å²) in [5.41, 5.74) is 1.33. The molecule has 2 unspecified atom stereocenters. The first-order chi connectivity index (χ1) is 13.0. The van der Waals surface area contributed by atoms with Gasteiger partial charge < -0.3 is 19.5 Å². The molecule has 1 N–H and O–H groups in total. The first kappa shape index (κ1) is 19.2. The average molecular weight is 390 g/mol. The fourth-order valence-corrected chi connectivity index (χ4v) is 3.18. The van der Waals surface area contributed by atoms with E-state index < -0.39 is 12.0 Å². The van der Waals surface area contributed by atoms with Crippen LogP contribution in [0.4, 0.5) is 0 Å². The molecule has 1 fully saturated rings. The molecule has 0 saturated carbocycles. The van der Waals surface area contributed by atoms with Crippen molar-refractivity contribution in [3.05, 3.63) is 64.7 Å². The van der Waals surface area contributed by atoms with Crippen molar-refractivity contribution in [2.45, 2.75) is 25.2 Å². The van der Waals surface area contributed by atoms with Crippen LogP contribution in [0.5, 0.6) is 5.75 Å². The second-order valence-corrected chi connectivity index (χ2v) is 6.78. The van der Waals surface area contributed by atoms with Crippen LogP contribution in [0.1, 0.15) is 22.3 Å². The number of benzene rings is 2. The van der Waals surface area contributed by atoms with Crippen molar-refractivity contribution in [1.29, 1.82) is 0 Å². The summed E-state index contributed by atoms with van der Waals surface area (Å²) in [4.78, 5) is 25.6. The number of hydrogen-bond acceptors (Lipinski definition) is 4. The Morgan fingerprint density at radius 3 is 2.63 bits per heavy atom. The second kappa shape index (κ2) is 8.41. The molecule has 142 valence electrons. The molecule has 1 aliphatic heterocycles. The minimum atomic E-state index is -1.03. The average Bonchev–Trinajstić information content (AvgIpc) is 3.12. The van der Waals surface area contributed by atoms with E-state index in [1.165, 1.54) is 12.0 Å². The zero-order valence-corrected chi connectivity index (χ0v) is 15.6. The fourth-order valence-electron chi connectivity index (χ4n) is 3.06. The topological polar surface area (TPSA) is 76.1 Å². The predicted molar refractivity (Wildman–Crippen MR) is 100 cm³/mol. The number of nitrogens with zero attached hydrogens (tertiary/aromatic N) is 1. The Bertz CT molecular complexity index is 823. The molecule has 27 heavy (non-hydrogen) atoms. The third kappa shape index (κ3) is 4.59.